The number of hydrogen-bond acceptors (Lipinski definition) is 4. The van der Waals surface area contributed by atoms with Crippen LogP contribution in [0.2, 0.25) is 0 Å². The smallest absolute Gasteiger partial charge is 0.275 e. The fraction of sp³-hybridized carbons (Fsp3) is 0.421. The van der Waals surface area contributed by atoms with Gasteiger partial charge in [-0.15, -0.1) is 0 Å². The number of benzene rings is 1. The lowest BCUT2D eigenvalue weighted by Gasteiger charge is -2.29. The van der Waals surface area contributed by atoms with Crippen molar-refractivity contribution in [1.82, 2.24) is 5.32 Å². The van der Waals surface area contributed by atoms with Gasteiger partial charge in [0.05, 0.1) is 12.8 Å². The molecule has 3 N–H and O–H groups in total. The Balaban J connectivity index is 1.19. The second-order valence-electron chi connectivity index (χ2n) is 6.90. The van der Waals surface area contributed by atoms with Crippen molar-refractivity contribution < 1.29 is 28.5 Å². The molecule has 0 saturated carbocycles. The van der Waals surface area contributed by atoms with E-state index in [1.165, 1.54) is 10.5 Å². The van der Waals surface area contributed by atoms with E-state index in [9.17, 15) is 4.79 Å². The van der Waals surface area contributed by atoms with Crippen LogP contribution in [0.25, 0.3) is 0 Å². The van der Waals surface area contributed by atoms with Crippen molar-refractivity contribution in [2.24, 2.45) is 0 Å². The number of nitrogens with one attached hydrogen (secondary N) is 3. The highest BCUT2D eigenvalue weighted by molar-refractivity contribution is 5.76. The van der Waals surface area contributed by atoms with Crippen LogP contribution < -0.4 is 24.6 Å². The van der Waals surface area contributed by atoms with Crippen LogP contribution in [0.4, 0.5) is 0 Å². The molecule has 0 unspecified atom stereocenters. The zero-order chi connectivity index (χ0) is 17.8. The minimum absolute atomic E-state index is 0.0793. The number of hydrogen-bond donors (Lipinski definition) is 3. The molecule has 1 aromatic carbocycles. The van der Waals surface area contributed by atoms with E-state index in [1.807, 2.05) is 18.2 Å². The third-order valence-electron chi connectivity index (χ3n) is 5.01. The number of carbonyl (C=O) groups is 1. The Morgan fingerprint density at radius 1 is 1.04 bits per heavy atom. The largest absolute Gasteiger partial charge is 0.467 e. The molecule has 138 valence electrons. The first-order chi connectivity index (χ1) is 12.8. The van der Waals surface area contributed by atoms with Crippen molar-refractivity contribution in [3.05, 3.63) is 47.9 Å². The van der Waals surface area contributed by atoms with Gasteiger partial charge in [-0.2, -0.15) is 0 Å². The first-order valence-electron chi connectivity index (χ1n) is 9.11. The molecule has 1 aromatic heterocycles. The Labute approximate surface area is 152 Å². The molecule has 0 bridgehead atoms. The topological polar surface area (TPSA) is 69.6 Å². The number of piperazine rings is 1. The van der Waals surface area contributed by atoms with Gasteiger partial charge in [0.2, 0.25) is 6.79 Å². The van der Waals surface area contributed by atoms with Gasteiger partial charge in [-0.25, -0.2) is 0 Å². The Morgan fingerprint density at radius 3 is 2.65 bits per heavy atom. The first-order valence-corrected chi connectivity index (χ1v) is 9.11. The maximum atomic E-state index is 12.1. The van der Waals surface area contributed by atoms with E-state index in [-0.39, 0.29) is 5.91 Å². The molecule has 4 rings (SSSR count). The molecule has 26 heavy (non-hydrogen) atoms. The molecule has 0 aliphatic carbocycles. The molecule has 7 heteroatoms. The summed E-state index contributed by atoms with van der Waals surface area (Å²) in [6.07, 6.45) is 1.62. The standard InChI is InChI=1S/C19H23N3O4/c23-19(20-11-16-2-1-9-24-16)13-22-7-5-21(6-8-22)12-15-3-4-17-18(10-15)26-14-25-17/h1-4,9-10H,5-8,11-14H2,(H,20,23)/p+2. The highest BCUT2D eigenvalue weighted by Crippen LogP contribution is 2.32. The Kier molecular flexibility index (Phi) is 5.08. The van der Waals surface area contributed by atoms with Crippen LogP contribution in [0.1, 0.15) is 11.3 Å². The molecule has 2 aliphatic heterocycles. The maximum absolute atomic E-state index is 12.1. The van der Waals surface area contributed by atoms with Gasteiger partial charge in [-0.05, 0) is 30.3 Å². The minimum Gasteiger partial charge on any atom is -0.467 e. The van der Waals surface area contributed by atoms with Gasteiger partial charge in [0.1, 0.15) is 38.5 Å². The van der Waals surface area contributed by atoms with Crippen LogP contribution in [-0.2, 0) is 17.9 Å². The predicted octanol–water partition coefficient (Wildman–Crippen LogP) is -1.39. The lowest BCUT2D eigenvalue weighted by atomic mass is 10.1. The summed E-state index contributed by atoms with van der Waals surface area (Å²) >= 11 is 0. The maximum Gasteiger partial charge on any atom is 0.275 e. The van der Waals surface area contributed by atoms with Crippen molar-refractivity contribution in [2.45, 2.75) is 13.1 Å². The number of quaternary nitrogens is 2. The molecule has 0 radical (unpaired) electrons. The van der Waals surface area contributed by atoms with Crippen LogP contribution >= 0.6 is 0 Å². The summed E-state index contributed by atoms with van der Waals surface area (Å²) in [6, 6.07) is 9.88. The van der Waals surface area contributed by atoms with Gasteiger partial charge >= 0.3 is 0 Å². The van der Waals surface area contributed by atoms with E-state index in [2.05, 4.69) is 17.4 Å². The van der Waals surface area contributed by atoms with Crippen molar-refractivity contribution in [1.29, 1.82) is 0 Å². The minimum atomic E-state index is 0.0793. The van der Waals surface area contributed by atoms with Crippen molar-refractivity contribution >= 4 is 5.91 Å². The third-order valence-corrected chi connectivity index (χ3v) is 5.01. The summed E-state index contributed by atoms with van der Waals surface area (Å²) in [5.74, 6) is 2.54. The van der Waals surface area contributed by atoms with Gasteiger partial charge in [0.15, 0.2) is 18.0 Å². The zero-order valence-electron chi connectivity index (χ0n) is 14.8. The normalized spacial score (nSPS) is 21.5. The average molecular weight is 359 g/mol. The summed E-state index contributed by atoms with van der Waals surface area (Å²) in [5.41, 5.74) is 1.27. The highest BCUT2D eigenvalue weighted by atomic mass is 16.7. The molecule has 0 atom stereocenters. The summed E-state index contributed by atoms with van der Waals surface area (Å²) < 4.78 is 16.0. The molecule has 2 aliphatic rings. The second-order valence-corrected chi connectivity index (χ2v) is 6.90. The Morgan fingerprint density at radius 2 is 1.85 bits per heavy atom. The summed E-state index contributed by atoms with van der Waals surface area (Å²) in [5, 5.41) is 2.92. The highest BCUT2D eigenvalue weighted by Gasteiger charge is 2.25. The monoisotopic (exact) mass is 359 g/mol. The number of amides is 1. The number of fused-ring (bicyclic) bond motifs is 1. The van der Waals surface area contributed by atoms with E-state index in [1.54, 1.807) is 11.2 Å². The van der Waals surface area contributed by atoms with E-state index in [0.717, 1.165) is 50.0 Å². The average Bonchev–Trinajstić information content (AvgIpc) is 3.33. The quantitative estimate of drug-likeness (QED) is 0.594. The van der Waals surface area contributed by atoms with E-state index in [0.29, 0.717) is 19.9 Å². The molecular formula is C19H25N3O4+2. The van der Waals surface area contributed by atoms with Crippen LogP contribution in [-0.4, -0.2) is 45.4 Å². The number of carbonyl (C=O) groups excluding carboxylic acids is 1. The fourth-order valence-electron chi connectivity index (χ4n) is 3.54. The molecule has 1 saturated heterocycles. The Bertz CT molecular complexity index is 739. The lowest BCUT2D eigenvalue weighted by Crippen LogP contribution is -3.28. The van der Waals surface area contributed by atoms with Crippen LogP contribution in [0.15, 0.2) is 41.0 Å². The summed E-state index contributed by atoms with van der Waals surface area (Å²) in [4.78, 5) is 15.0. The molecule has 0 spiro atoms. The van der Waals surface area contributed by atoms with E-state index >= 15 is 0 Å². The Hall–Kier alpha value is -2.51. The third kappa shape index (κ3) is 4.17. The molecule has 2 aromatic rings. The van der Waals surface area contributed by atoms with Crippen LogP contribution in [0.3, 0.4) is 0 Å². The molecule has 1 fully saturated rings. The van der Waals surface area contributed by atoms with Gasteiger partial charge in [-0.1, -0.05) is 0 Å². The SMILES string of the molecule is O=C(C[NH+]1CC[NH+](Cc2ccc3c(c2)OCO3)CC1)NCc1ccco1. The molecule has 3 heterocycles. The second kappa shape index (κ2) is 7.80. The zero-order valence-corrected chi connectivity index (χ0v) is 14.8. The lowest BCUT2D eigenvalue weighted by molar-refractivity contribution is -1.02. The van der Waals surface area contributed by atoms with Gasteiger partial charge < -0.3 is 29.0 Å². The summed E-state index contributed by atoms with van der Waals surface area (Å²) in [7, 11) is 0. The van der Waals surface area contributed by atoms with Crippen molar-refractivity contribution in [3.8, 4) is 11.5 Å². The van der Waals surface area contributed by atoms with Gasteiger partial charge in [-0.3, -0.25) is 4.79 Å². The number of furan rings is 1. The number of rotatable bonds is 6. The van der Waals surface area contributed by atoms with Crippen LogP contribution in [0.5, 0.6) is 11.5 Å². The van der Waals surface area contributed by atoms with Crippen molar-refractivity contribution in [3.63, 3.8) is 0 Å². The van der Waals surface area contributed by atoms with Gasteiger partial charge in [0, 0.05) is 5.56 Å². The predicted molar refractivity (Wildman–Crippen MR) is 93.1 cm³/mol. The fourth-order valence-corrected chi connectivity index (χ4v) is 3.54. The van der Waals surface area contributed by atoms with E-state index in [4.69, 9.17) is 13.9 Å². The van der Waals surface area contributed by atoms with Gasteiger partial charge in [0.25, 0.3) is 5.91 Å². The molecule has 1 amide bonds. The first kappa shape index (κ1) is 16.9. The number of ether oxygens (including phenoxy) is 2. The molecule has 7 nitrogen and oxygen atoms in total. The summed E-state index contributed by atoms with van der Waals surface area (Å²) in [6.45, 7) is 6.43. The van der Waals surface area contributed by atoms with Crippen molar-refractivity contribution in [2.75, 3.05) is 39.5 Å². The van der Waals surface area contributed by atoms with E-state index < -0.39 is 0 Å². The van der Waals surface area contributed by atoms with Crippen LogP contribution in [0, 0.1) is 0 Å². The molecular weight excluding hydrogens is 334 g/mol.